The SMILES string of the molecule is CCC(C)C.CCC(C)C(=O)OC1CCCCC1.CCC(C)C(=O)OCC[N+](CC)(CC)CC.CCC(C)c1ccc(C[N+](C)(C)C)cc1. The smallest absolute Gasteiger partial charge is 0.308 e. The minimum Gasteiger partial charge on any atom is -0.462 e. The van der Waals surface area contributed by atoms with Crippen molar-refractivity contribution in [3.63, 3.8) is 0 Å². The van der Waals surface area contributed by atoms with Crippen LogP contribution in [-0.4, -0.2) is 80.9 Å². The second-order valence-corrected chi connectivity index (χ2v) is 15.8. The molecule has 0 amide bonds. The number of ether oxygens (including phenoxy) is 2. The quantitative estimate of drug-likeness (QED) is 0.128. The van der Waals surface area contributed by atoms with E-state index in [1.165, 1.54) is 43.2 Å². The highest BCUT2D eigenvalue weighted by Crippen LogP contribution is 2.22. The van der Waals surface area contributed by atoms with Gasteiger partial charge in [-0.3, -0.25) is 9.59 Å². The fourth-order valence-corrected chi connectivity index (χ4v) is 5.16. The number of esters is 2. The van der Waals surface area contributed by atoms with Crippen molar-refractivity contribution in [3.8, 4) is 0 Å². The first-order chi connectivity index (χ1) is 23.0. The molecule has 0 spiro atoms. The second-order valence-electron chi connectivity index (χ2n) is 15.8. The van der Waals surface area contributed by atoms with Crippen molar-refractivity contribution in [2.24, 2.45) is 17.8 Å². The lowest BCUT2D eigenvalue weighted by molar-refractivity contribution is -0.923. The van der Waals surface area contributed by atoms with Gasteiger partial charge in [-0.05, 0) is 83.1 Å². The van der Waals surface area contributed by atoms with E-state index in [9.17, 15) is 9.59 Å². The zero-order valence-corrected chi connectivity index (χ0v) is 35.3. The Morgan fingerprint density at radius 1 is 0.694 bits per heavy atom. The van der Waals surface area contributed by atoms with E-state index in [1.807, 2.05) is 27.7 Å². The number of benzene rings is 1. The van der Waals surface area contributed by atoms with Crippen LogP contribution in [0.4, 0.5) is 0 Å². The van der Waals surface area contributed by atoms with E-state index < -0.39 is 0 Å². The summed E-state index contributed by atoms with van der Waals surface area (Å²) in [5.74, 6) is 1.62. The van der Waals surface area contributed by atoms with Gasteiger partial charge in [0.25, 0.3) is 0 Å². The number of rotatable bonds is 16. The molecule has 0 saturated heterocycles. The first kappa shape index (κ1) is 49.2. The highest BCUT2D eigenvalue weighted by Gasteiger charge is 2.22. The molecule has 0 aromatic heterocycles. The molecule has 2 rings (SSSR count). The van der Waals surface area contributed by atoms with Gasteiger partial charge in [0.05, 0.1) is 52.6 Å². The molecule has 1 aliphatic rings. The molecule has 49 heavy (non-hydrogen) atoms. The van der Waals surface area contributed by atoms with Crippen LogP contribution in [0.15, 0.2) is 24.3 Å². The average Bonchev–Trinajstić information content (AvgIpc) is 3.10. The molecule has 1 saturated carbocycles. The molecule has 0 bridgehead atoms. The van der Waals surface area contributed by atoms with Gasteiger partial charge in [0.15, 0.2) is 0 Å². The van der Waals surface area contributed by atoms with Crippen LogP contribution in [0.5, 0.6) is 0 Å². The molecular formula is C43H84N2O4+2. The summed E-state index contributed by atoms with van der Waals surface area (Å²) in [5, 5.41) is 0. The average molecular weight is 693 g/mol. The van der Waals surface area contributed by atoms with Gasteiger partial charge in [-0.25, -0.2) is 0 Å². The Kier molecular flexibility index (Phi) is 27.9. The van der Waals surface area contributed by atoms with E-state index in [0.29, 0.717) is 12.5 Å². The topological polar surface area (TPSA) is 52.6 Å². The molecule has 0 heterocycles. The van der Waals surface area contributed by atoms with E-state index in [0.717, 1.165) is 73.3 Å². The monoisotopic (exact) mass is 693 g/mol. The van der Waals surface area contributed by atoms with E-state index in [-0.39, 0.29) is 29.9 Å². The molecule has 1 aromatic carbocycles. The zero-order chi connectivity index (χ0) is 38.0. The van der Waals surface area contributed by atoms with Crippen LogP contribution in [0, 0.1) is 17.8 Å². The minimum absolute atomic E-state index is 0.00519. The summed E-state index contributed by atoms with van der Waals surface area (Å²) in [6.07, 6.45) is 10.4. The summed E-state index contributed by atoms with van der Waals surface area (Å²) in [4.78, 5) is 22.9. The normalized spacial score (nSPS) is 15.3. The molecule has 1 aromatic rings. The largest absolute Gasteiger partial charge is 0.462 e. The maximum absolute atomic E-state index is 11.5. The Morgan fingerprint density at radius 3 is 1.55 bits per heavy atom. The van der Waals surface area contributed by atoms with Crippen molar-refractivity contribution in [2.45, 2.75) is 159 Å². The van der Waals surface area contributed by atoms with E-state index in [2.05, 4.69) is 101 Å². The Hall–Kier alpha value is -1.92. The highest BCUT2D eigenvalue weighted by molar-refractivity contribution is 5.72. The standard InChI is InChI=1S/C14H24N.C13H28NO2.C11H20O2.C5H12/c1-6-12(2)14-9-7-13(8-10-14)11-15(3,4)5;1-6-12(5)13(15)16-11-10-14(7-2,8-3)9-4;1-3-9(2)11(12)13-10-7-5-4-6-8-10;1-4-5(2)3/h7-10,12H,6,11H2,1-5H3;12H,6-11H2,1-5H3;9-10H,3-8H2,1-2H3;5H,4H2,1-3H3/q2*+1;;. The third-order valence-electron chi connectivity index (χ3n) is 10.3. The van der Waals surface area contributed by atoms with Crippen molar-refractivity contribution in [1.82, 2.24) is 0 Å². The van der Waals surface area contributed by atoms with Gasteiger partial charge >= 0.3 is 11.9 Å². The Bertz CT molecular complexity index is 935. The third kappa shape index (κ3) is 24.0. The van der Waals surface area contributed by atoms with Gasteiger partial charge in [-0.1, -0.05) is 99.4 Å². The molecule has 3 unspecified atom stereocenters. The van der Waals surface area contributed by atoms with E-state index in [4.69, 9.17) is 9.47 Å². The Balaban J connectivity index is 0. The first-order valence-electron chi connectivity index (χ1n) is 20.1. The van der Waals surface area contributed by atoms with Crippen LogP contribution < -0.4 is 0 Å². The number of carbonyl (C=O) groups excluding carboxylic acids is 2. The van der Waals surface area contributed by atoms with Crippen LogP contribution in [0.1, 0.15) is 158 Å². The van der Waals surface area contributed by atoms with Gasteiger partial charge in [0.2, 0.25) is 0 Å². The van der Waals surface area contributed by atoms with Crippen LogP contribution in [-0.2, 0) is 25.6 Å². The minimum atomic E-state index is -0.0519. The number of hydrogen-bond donors (Lipinski definition) is 0. The molecule has 0 aliphatic heterocycles. The summed E-state index contributed by atoms with van der Waals surface area (Å²) < 4.78 is 12.7. The maximum Gasteiger partial charge on any atom is 0.308 e. The van der Waals surface area contributed by atoms with E-state index in [1.54, 1.807) is 0 Å². The van der Waals surface area contributed by atoms with Crippen LogP contribution >= 0.6 is 0 Å². The number of hydrogen-bond acceptors (Lipinski definition) is 4. The zero-order valence-electron chi connectivity index (χ0n) is 35.3. The van der Waals surface area contributed by atoms with Crippen molar-refractivity contribution in [2.75, 3.05) is 53.9 Å². The summed E-state index contributed by atoms with van der Waals surface area (Å²) in [7, 11) is 6.67. The number of nitrogens with zero attached hydrogens (tertiary/aromatic N) is 2. The lowest BCUT2D eigenvalue weighted by atomic mass is 9.97. The lowest BCUT2D eigenvalue weighted by Gasteiger charge is -2.35. The predicted octanol–water partition coefficient (Wildman–Crippen LogP) is 10.8. The Labute approximate surface area is 305 Å². The predicted molar refractivity (Wildman–Crippen MR) is 212 cm³/mol. The number of likely N-dealkylation sites (N-methyl/N-ethyl adjacent to an activating group) is 1. The molecule has 6 heteroatoms. The fourth-order valence-electron chi connectivity index (χ4n) is 5.16. The highest BCUT2D eigenvalue weighted by atomic mass is 16.5. The third-order valence-corrected chi connectivity index (χ3v) is 10.3. The molecule has 1 fully saturated rings. The van der Waals surface area contributed by atoms with Crippen molar-refractivity contribution in [1.29, 1.82) is 0 Å². The van der Waals surface area contributed by atoms with Gasteiger partial charge < -0.3 is 18.4 Å². The maximum atomic E-state index is 11.5. The van der Waals surface area contributed by atoms with E-state index >= 15 is 0 Å². The Morgan fingerprint density at radius 2 is 1.16 bits per heavy atom. The molecule has 3 atom stereocenters. The van der Waals surface area contributed by atoms with Gasteiger partial charge in [0.1, 0.15) is 25.8 Å². The first-order valence-corrected chi connectivity index (χ1v) is 20.1. The second kappa shape index (κ2) is 27.8. The number of quaternary nitrogens is 2. The molecule has 288 valence electrons. The van der Waals surface area contributed by atoms with Crippen LogP contribution in [0.2, 0.25) is 0 Å². The lowest BCUT2D eigenvalue weighted by Crippen LogP contribution is -2.49. The molecule has 6 nitrogen and oxygen atoms in total. The summed E-state index contributed by atoms with van der Waals surface area (Å²) >= 11 is 0. The van der Waals surface area contributed by atoms with Gasteiger partial charge in [-0.2, -0.15) is 0 Å². The number of carbonyl (C=O) groups is 2. The van der Waals surface area contributed by atoms with Gasteiger partial charge in [0, 0.05) is 5.56 Å². The van der Waals surface area contributed by atoms with Crippen molar-refractivity contribution >= 4 is 11.9 Å². The summed E-state index contributed by atoms with van der Waals surface area (Å²) in [5.41, 5.74) is 2.89. The van der Waals surface area contributed by atoms with Crippen LogP contribution in [0.3, 0.4) is 0 Å². The van der Waals surface area contributed by atoms with Crippen molar-refractivity contribution in [3.05, 3.63) is 35.4 Å². The molecule has 0 radical (unpaired) electrons. The molecular weight excluding hydrogens is 608 g/mol. The summed E-state index contributed by atoms with van der Waals surface area (Å²) in [6.45, 7) is 31.6. The van der Waals surface area contributed by atoms with Gasteiger partial charge in [-0.15, -0.1) is 0 Å². The van der Waals surface area contributed by atoms with Crippen LogP contribution in [0.25, 0.3) is 0 Å². The fraction of sp³-hybridized carbons (Fsp3) is 0.814. The van der Waals surface area contributed by atoms with Crippen molar-refractivity contribution < 1.29 is 28.0 Å². The molecule has 1 aliphatic carbocycles. The molecule has 0 N–H and O–H groups in total. The summed E-state index contributed by atoms with van der Waals surface area (Å²) in [6, 6.07) is 9.09.